The molecule has 0 aliphatic rings. The summed E-state index contributed by atoms with van der Waals surface area (Å²) < 4.78 is 26.8. The van der Waals surface area contributed by atoms with E-state index in [1.807, 2.05) is 0 Å². The molecule has 1 N–H and O–H groups in total. The van der Waals surface area contributed by atoms with E-state index in [-0.39, 0.29) is 22.8 Å². The number of nitrogens with one attached hydrogen (secondary N) is 1. The number of hydrogen-bond acceptors (Lipinski definition) is 2. The molecule has 3 nitrogen and oxygen atoms in total. The topological polar surface area (TPSA) is 42.0 Å². The average molecular weight is 362 g/mol. The van der Waals surface area contributed by atoms with E-state index in [0.717, 1.165) is 12.1 Å². The zero-order chi connectivity index (χ0) is 14.7. The predicted molar refractivity (Wildman–Crippen MR) is 74.5 cm³/mol. The van der Waals surface area contributed by atoms with Crippen molar-refractivity contribution in [3.05, 3.63) is 62.8 Å². The third-order valence-corrected chi connectivity index (χ3v) is 3.24. The summed E-state index contributed by atoms with van der Waals surface area (Å²) >= 11 is 8.99. The number of benzene rings is 1. The molecule has 0 spiro atoms. The van der Waals surface area contributed by atoms with Crippen LogP contribution in [-0.4, -0.2) is 10.9 Å². The van der Waals surface area contributed by atoms with Crippen molar-refractivity contribution in [1.29, 1.82) is 0 Å². The number of amides is 1. The minimum absolute atomic E-state index is 0.0466. The molecule has 0 aliphatic heterocycles. The number of aromatic nitrogens is 1. The van der Waals surface area contributed by atoms with Crippen LogP contribution in [0.25, 0.3) is 0 Å². The van der Waals surface area contributed by atoms with Crippen LogP contribution >= 0.6 is 27.5 Å². The van der Waals surface area contributed by atoms with E-state index in [4.69, 9.17) is 11.6 Å². The zero-order valence-corrected chi connectivity index (χ0v) is 12.3. The summed E-state index contributed by atoms with van der Waals surface area (Å²) in [6.07, 6.45) is 1.46. The van der Waals surface area contributed by atoms with Crippen LogP contribution in [0.2, 0.25) is 5.15 Å². The molecule has 1 heterocycles. The average Bonchev–Trinajstić information content (AvgIpc) is 2.40. The van der Waals surface area contributed by atoms with Gasteiger partial charge in [0.2, 0.25) is 0 Å². The Hall–Kier alpha value is -1.53. The fourth-order valence-electron chi connectivity index (χ4n) is 1.52. The van der Waals surface area contributed by atoms with Crippen LogP contribution in [0, 0.1) is 11.6 Å². The van der Waals surface area contributed by atoms with Crippen LogP contribution in [0.3, 0.4) is 0 Å². The number of pyridine rings is 1. The van der Waals surface area contributed by atoms with E-state index >= 15 is 0 Å². The summed E-state index contributed by atoms with van der Waals surface area (Å²) in [5.74, 6) is -1.88. The molecule has 0 fully saturated rings. The fraction of sp³-hybridized carbons (Fsp3) is 0.0769. The summed E-state index contributed by atoms with van der Waals surface area (Å²) in [7, 11) is 0. The second-order valence-corrected chi connectivity index (χ2v) is 5.18. The molecule has 1 aromatic heterocycles. The van der Waals surface area contributed by atoms with Crippen molar-refractivity contribution in [1.82, 2.24) is 10.3 Å². The Labute approximate surface area is 127 Å². The highest BCUT2D eigenvalue weighted by atomic mass is 79.9. The molecule has 2 aromatic rings. The monoisotopic (exact) mass is 360 g/mol. The SMILES string of the molecule is O=C(NCc1ccc(F)cc1F)c1cc(Br)cnc1Cl. The number of halogens is 4. The van der Waals surface area contributed by atoms with Gasteiger partial charge in [0.1, 0.15) is 16.8 Å². The lowest BCUT2D eigenvalue weighted by molar-refractivity contribution is 0.0950. The van der Waals surface area contributed by atoms with E-state index in [1.54, 1.807) is 0 Å². The maximum Gasteiger partial charge on any atom is 0.254 e. The smallest absolute Gasteiger partial charge is 0.254 e. The van der Waals surface area contributed by atoms with Crippen molar-refractivity contribution in [3.8, 4) is 0 Å². The van der Waals surface area contributed by atoms with Gasteiger partial charge in [-0.25, -0.2) is 13.8 Å². The maximum absolute atomic E-state index is 13.4. The van der Waals surface area contributed by atoms with Gasteiger partial charge in [-0.2, -0.15) is 0 Å². The zero-order valence-electron chi connectivity index (χ0n) is 9.96. The third kappa shape index (κ3) is 3.52. The largest absolute Gasteiger partial charge is 0.348 e. The van der Waals surface area contributed by atoms with Gasteiger partial charge in [-0.1, -0.05) is 17.7 Å². The molecule has 1 amide bonds. The lowest BCUT2D eigenvalue weighted by Gasteiger charge is -2.07. The van der Waals surface area contributed by atoms with Crippen molar-refractivity contribution in [2.75, 3.05) is 0 Å². The van der Waals surface area contributed by atoms with Crippen LogP contribution in [0.15, 0.2) is 34.9 Å². The van der Waals surface area contributed by atoms with Gasteiger partial charge in [0.15, 0.2) is 0 Å². The standard InChI is InChI=1S/C13H8BrClF2N2O/c14-8-3-10(12(15)18-6-8)13(20)19-5-7-1-2-9(16)4-11(7)17/h1-4,6H,5H2,(H,19,20). The fourth-order valence-corrected chi connectivity index (χ4v) is 2.04. The Morgan fingerprint density at radius 3 is 2.80 bits per heavy atom. The molecule has 104 valence electrons. The Balaban J connectivity index is 2.10. The van der Waals surface area contributed by atoms with Crippen LogP contribution in [0.1, 0.15) is 15.9 Å². The van der Waals surface area contributed by atoms with Gasteiger partial charge in [0.25, 0.3) is 5.91 Å². The molecule has 7 heteroatoms. The van der Waals surface area contributed by atoms with Gasteiger partial charge in [0.05, 0.1) is 5.56 Å². The van der Waals surface area contributed by atoms with Crippen LogP contribution < -0.4 is 5.32 Å². The second kappa shape index (κ2) is 6.28. The van der Waals surface area contributed by atoms with Gasteiger partial charge in [-0.15, -0.1) is 0 Å². The number of carbonyl (C=O) groups excluding carboxylic acids is 1. The molecule has 2 rings (SSSR count). The Morgan fingerprint density at radius 2 is 2.10 bits per heavy atom. The van der Waals surface area contributed by atoms with Crippen molar-refractivity contribution >= 4 is 33.4 Å². The maximum atomic E-state index is 13.4. The molecule has 0 saturated heterocycles. The Bertz CT molecular complexity index is 667. The van der Waals surface area contributed by atoms with Gasteiger partial charge < -0.3 is 5.32 Å². The van der Waals surface area contributed by atoms with E-state index < -0.39 is 17.5 Å². The normalized spacial score (nSPS) is 10.4. The molecule has 20 heavy (non-hydrogen) atoms. The third-order valence-electron chi connectivity index (χ3n) is 2.50. The summed E-state index contributed by atoms with van der Waals surface area (Å²) in [4.78, 5) is 15.7. The second-order valence-electron chi connectivity index (χ2n) is 3.91. The van der Waals surface area contributed by atoms with Crippen LogP contribution in [0.5, 0.6) is 0 Å². The van der Waals surface area contributed by atoms with Crippen LogP contribution in [-0.2, 0) is 6.54 Å². The highest BCUT2D eigenvalue weighted by Gasteiger charge is 2.13. The Morgan fingerprint density at radius 1 is 1.35 bits per heavy atom. The highest BCUT2D eigenvalue weighted by Crippen LogP contribution is 2.18. The van der Waals surface area contributed by atoms with E-state index in [1.165, 1.54) is 18.3 Å². The first kappa shape index (κ1) is 14.9. The number of hydrogen-bond donors (Lipinski definition) is 1. The molecule has 0 radical (unpaired) electrons. The van der Waals surface area contributed by atoms with Crippen molar-refractivity contribution < 1.29 is 13.6 Å². The number of rotatable bonds is 3. The Kier molecular flexibility index (Phi) is 4.67. The molecule has 0 atom stereocenters. The van der Waals surface area contributed by atoms with Gasteiger partial charge in [-0.05, 0) is 28.1 Å². The predicted octanol–water partition coefficient (Wildman–Crippen LogP) is 3.71. The highest BCUT2D eigenvalue weighted by molar-refractivity contribution is 9.10. The van der Waals surface area contributed by atoms with Gasteiger partial charge >= 0.3 is 0 Å². The van der Waals surface area contributed by atoms with E-state index in [9.17, 15) is 13.6 Å². The van der Waals surface area contributed by atoms with Crippen molar-refractivity contribution in [2.24, 2.45) is 0 Å². The van der Waals surface area contributed by atoms with E-state index in [2.05, 4.69) is 26.2 Å². The summed E-state index contributed by atoms with van der Waals surface area (Å²) in [6, 6.07) is 4.66. The first-order valence-electron chi connectivity index (χ1n) is 5.50. The number of nitrogens with zero attached hydrogens (tertiary/aromatic N) is 1. The first-order valence-corrected chi connectivity index (χ1v) is 6.67. The summed E-state index contributed by atoms with van der Waals surface area (Å²) in [5.41, 5.74) is 0.349. The van der Waals surface area contributed by atoms with Crippen molar-refractivity contribution in [3.63, 3.8) is 0 Å². The lowest BCUT2D eigenvalue weighted by Crippen LogP contribution is -2.24. The van der Waals surface area contributed by atoms with E-state index in [0.29, 0.717) is 4.47 Å². The quantitative estimate of drug-likeness (QED) is 0.847. The lowest BCUT2D eigenvalue weighted by atomic mass is 10.2. The van der Waals surface area contributed by atoms with Gasteiger partial charge in [0, 0.05) is 28.8 Å². The molecule has 1 aromatic carbocycles. The minimum Gasteiger partial charge on any atom is -0.348 e. The summed E-state index contributed by atoms with van der Waals surface area (Å²) in [5, 5.41) is 2.54. The molecule has 0 unspecified atom stereocenters. The van der Waals surface area contributed by atoms with Crippen LogP contribution in [0.4, 0.5) is 8.78 Å². The van der Waals surface area contributed by atoms with Gasteiger partial charge in [-0.3, -0.25) is 4.79 Å². The van der Waals surface area contributed by atoms with Crippen molar-refractivity contribution in [2.45, 2.75) is 6.54 Å². The number of carbonyl (C=O) groups is 1. The molecule has 0 aliphatic carbocycles. The molecular formula is C13H8BrClF2N2O. The minimum atomic E-state index is -0.719. The molecule has 0 bridgehead atoms. The summed E-state index contributed by atoms with van der Waals surface area (Å²) in [6.45, 7) is -0.0756. The first-order chi connectivity index (χ1) is 9.47. The molecule has 0 saturated carbocycles. The molecular weight excluding hydrogens is 354 g/mol.